The molecule has 7 nitrogen and oxygen atoms in total. The summed E-state index contributed by atoms with van der Waals surface area (Å²) in [7, 11) is -3.43. The maximum Gasteiger partial charge on any atom is 0.242 e. The van der Waals surface area contributed by atoms with E-state index in [2.05, 4.69) is 15.0 Å². The third-order valence-electron chi connectivity index (χ3n) is 2.79. The molecular weight excluding hydrogens is 294 g/mol. The number of amides is 1. The zero-order chi connectivity index (χ0) is 15.6. The fourth-order valence-electron chi connectivity index (χ4n) is 1.83. The van der Waals surface area contributed by atoms with Gasteiger partial charge in [0.25, 0.3) is 0 Å². The summed E-state index contributed by atoms with van der Waals surface area (Å²) < 4.78 is 29.9. The van der Waals surface area contributed by atoms with Crippen molar-refractivity contribution in [2.45, 2.75) is 26.3 Å². The lowest BCUT2D eigenvalue weighted by Gasteiger charge is -2.12. The normalized spacial score (nSPS) is 13.3. The van der Waals surface area contributed by atoms with Gasteiger partial charge in [-0.2, -0.15) is 0 Å². The molecule has 2 aromatic rings. The molecule has 2 N–H and O–H groups in total. The highest BCUT2D eigenvalue weighted by atomic mass is 32.2. The Morgan fingerprint density at radius 3 is 2.76 bits per heavy atom. The van der Waals surface area contributed by atoms with Gasteiger partial charge in [-0.15, -0.1) is 0 Å². The van der Waals surface area contributed by atoms with Crippen molar-refractivity contribution < 1.29 is 17.6 Å². The molecule has 0 saturated carbocycles. The molecule has 8 heteroatoms. The molecule has 0 radical (unpaired) electrons. The summed E-state index contributed by atoms with van der Waals surface area (Å²) >= 11 is 0. The lowest BCUT2D eigenvalue weighted by molar-refractivity contribution is -0.117. The number of oxazole rings is 1. The van der Waals surface area contributed by atoms with E-state index < -0.39 is 22.0 Å². The molecule has 0 aliphatic heterocycles. The number of anilines is 1. The Labute approximate surface area is 122 Å². The molecule has 1 unspecified atom stereocenters. The summed E-state index contributed by atoms with van der Waals surface area (Å²) in [6.07, 6.45) is 1.69. The predicted octanol–water partition coefficient (Wildman–Crippen LogP) is 1.27. The van der Waals surface area contributed by atoms with Crippen molar-refractivity contribution >= 4 is 32.7 Å². The van der Waals surface area contributed by atoms with Gasteiger partial charge in [0.2, 0.25) is 15.9 Å². The molecular formula is C13H17N3O4S. The Morgan fingerprint density at radius 1 is 1.43 bits per heavy atom. The molecule has 0 aliphatic carbocycles. The van der Waals surface area contributed by atoms with Crippen LogP contribution in [0.3, 0.4) is 0 Å². The van der Waals surface area contributed by atoms with E-state index >= 15 is 0 Å². The van der Waals surface area contributed by atoms with Crippen LogP contribution in [0.15, 0.2) is 22.6 Å². The molecule has 1 heterocycles. The van der Waals surface area contributed by atoms with E-state index in [4.69, 9.17) is 4.42 Å². The number of nitrogens with one attached hydrogen (secondary N) is 2. The molecule has 0 spiro atoms. The van der Waals surface area contributed by atoms with Crippen LogP contribution in [-0.4, -0.2) is 31.6 Å². The summed E-state index contributed by atoms with van der Waals surface area (Å²) in [6.45, 7) is 3.41. The third kappa shape index (κ3) is 4.02. The Hall–Kier alpha value is -1.93. The molecule has 2 rings (SSSR count). The highest BCUT2D eigenvalue weighted by molar-refractivity contribution is 7.88. The highest BCUT2D eigenvalue weighted by Gasteiger charge is 2.17. The first-order valence-corrected chi connectivity index (χ1v) is 8.35. The molecule has 1 aromatic heterocycles. The van der Waals surface area contributed by atoms with Crippen LogP contribution in [0.4, 0.5) is 5.69 Å². The number of benzene rings is 1. The zero-order valence-electron chi connectivity index (χ0n) is 12.0. The van der Waals surface area contributed by atoms with Gasteiger partial charge < -0.3 is 9.73 Å². The van der Waals surface area contributed by atoms with E-state index in [9.17, 15) is 13.2 Å². The van der Waals surface area contributed by atoms with Gasteiger partial charge in [0.1, 0.15) is 5.52 Å². The number of fused-ring (bicyclic) bond motifs is 1. The van der Waals surface area contributed by atoms with Crippen LogP contribution in [0.25, 0.3) is 11.1 Å². The minimum Gasteiger partial charge on any atom is -0.441 e. The number of carbonyl (C=O) groups is 1. The first-order chi connectivity index (χ1) is 9.78. The van der Waals surface area contributed by atoms with E-state index in [-0.39, 0.29) is 0 Å². The highest BCUT2D eigenvalue weighted by Crippen LogP contribution is 2.20. The van der Waals surface area contributed by atoms with Crippen LogP contribution in [0.5, 0.6) is 0 Å². The SMILES string of the molecule is CCc1nc2cc(NC(=O)C(C)NS(C)(=O)=O)ccc2o1. The van der Waals surface area contributed by atoms with Gasteiger partial charge in [-0.25, -0.2) is 18.1 Å². The van der Waals surface area contributed by atoms with Crippen molar-refractivity contribution in [1.82, 2.24) is 9.71 Å². The quantitative estimate of drug-likeness (QED) is 0.866. The van der Waals surface area contributed by atoms with Gasteiger partial charge in [-0.1, -0.05) is 6.92 Å². The Balaban J connectivity index is 2.13. The fourth-order valence-corrected chi connectivity index (χ4v) is 2.58. The minimum absolute atomic E-state index is 0.445. The second-order valence-electron chi connectivity index (χ2n) is 4.74. The second kappa shape index (κ2) is 5.82. The number of aromatic nitrogens is 1. The van der Waals surface area contributed by atoms with E-state index in [0.717, 1.165) is 6.26 Å². The number of carbonyl (C=O) groups excluding carboxylic acids is 1. The van der Waals surface area contributed by atoms with Crippen molar-refractivity contribution in [1.29, 1.82) is 0 Å². The van der Waals surface area contributed by atoms with Crippen molar-refractivity contribution in [3.8, 4) is 0 Å². The molecule has 0 aliphatic rings. The van der Waals surface area contributed by atoms with Crippen LogP contribution in [0.2, 0.25) is 0 Å². The van der Waals surface area contributed by atoms with Crippen molar-refractivity contribution in [2.24, 2.45) is 0 Å². The second-order valence-corrected chi connectivity index (χ2v) is 6.52. The van der Waals surface area contributed by atoms with Crippen LogP contribution < -0.4 is 10.0 Å². The van der Waals surface area contributed by atoms with Crippen LogP contribution in [-0.2, 0) is 21.2 Å². The maximum absolute atomic E-state index is 11.9. The first-order valence-electron chi connectivity index (χ1n) is 6.46. The molecule has 114 valence electrons. The Morgan fingerprint density at radius 2 is 2.14 bits per heavy atom. The van der Waals surface area contributed by atoms with Gasteiger partial charge in [-0.3, -0.25) is 4.79 Å². The van der Waals surface area contributed by atoms with Gasteiger partial charge >= 0.3 is 0 Å². The molecule has 1 atom stereocenters. The third-order valence-corrected chi connectivity index (χ3v) is 3.57. The molecule has 0 saturated heterocycles. The lowest BCUT2D eigenvalue weighted by Crippen LogP contribution is -2.40. The van der Waals surface area contributed by atoms with Crippen LogP contribution in [0.1, 0.15) is 19.7 Å². The first kappa shape index (κ1) is 15.5. The van der Waals surface area contributed by atoms with Crippen LogP contribution in [0, 0.1) is 0 Å². The number of nitrogens with zero attached hydrogens (tertiary/aromatic N) is 1. The predicted molar refractivity (Wildman–Crippen MR) is 79.5 cm³/mol. The number of sulfonamides is 1. The summed E-state index contributed by atoms with van der Waals surface area (Å²) in [6, 6.07) is 4.21. The van der Waals surface area contributed by atoms with E-state index in [1.807, 2.05) is 6.92 Å². The number of hydrogen-bond acceptors (Lipinski definition) is 5. The monoisotopic (exact) mass is 311 g/mol. The largest absolute Gasteiger partial charge is 0.441 e. The minimum atomic E-state index is -3.43. The average molecular weight is 311 g/mol. The van der Waals surface area contributed by atoms with Crippen molar-refractivity contribution in [3.05, 3.63) is 24.1 Å². The zero-order valence-corrected chi connectivity index (χ0v) is 12.8. The fraction of sp³-hybridized carbons (Fsp3) is 0.385. The van der Waals surface area contributed by atoms with Gasteiger partial charge in [0.05, 0.1) is 12.3 Å². The summed E-state index contributed by atoms with van der Waals surface area (Å²) in [4.78, 5) is 16.2. The maximum atomic E-state index is 11.9. The van der Waals surface area contributed by atoms with Crippen molar-refractivity contribution in [2.75, 3.05) is 11.6 Å². The van der Waals surface area contributed by atoms with E-state index in [0.29, 0.717) is 29.1 Å². The van der Waals surface area contributed by atoms with Crippen LogP contribution >= 0.6 is 0 Å². The van der Waals surface area contributed by atoms with Gasteiger partial charge in [0.15, 0.2) is 11.5 Å². The standard InChI is InChI=1S/C13H17N3O4S/c1-4-12-15-10-7-9(5-6-11(10)20-12)14-13(17)8(2)16-21(3,18)19/h5-8,16H,4H2,1-3H3,(H,14,17). The smallest absolute Gasteiger partial charge is 0.242 e. The van der Waals surface area contributed by atoms with Crippen molar-refractivity contribution in [3.63, 3.8) is 0 Å². The van der Waals surface area contributed by atoms with E-state index in [1.54, 1.807) is 18.2 Å². The Bertz CT molecular complexity index is 767. The molecule has 1 amide bonds. The molecule has 0 bridgehead atoms. The topological polar surface area (TPSA) is 101 Å². The number of rotatable bonds is 5. The summed E-state index contributed by atoms with van der Waals surface area (Å²) in [5.74, 6) is 0.180. The average Bonchev–Trinajstić information content (AvgIpc) is 2.78. The Kier molecular flexibility index (Phi) is 4.29. The van der Waals surface area contributed by atoms with Gasteiger partial charge in [-0.05, 0) is 25.1 Å². The molecule has 21 heavy (non-hydrogen) atoms. The molecule has 1 aromatic carbocycles. The summed E-state index contributed by atoms with van der Waals surface area (Å²) in [5, 5.41) is 2.64. The lowest BCUT2D eigenvalue weighted by atomic mass is 10.2. The van der Waals surface area contributed by atoms with E-state index in [1.165, 1.54) is 6.92 Å². The number of aryl methyl sites for hydroxylation is 1. The van der Waals surface area contributed by atoms with Gasteiger partial charge in [0, 0.05) is 12.1 Å². The summed E-state index contributed by atoms with van der Waals surface area (Å²) in [5.41, 5.74) is 1.83. The molecule has 0 fully saturated rings. The number of hydrogen-bond donors (Lipinski definition) is 2.